The first kappa shape index (κ1) is 22.8. The largest absolute Gasteiger partial charge is 0.484 e. The average Bonchev–Trinajstić information content (AvgIpc) is 3.24. The summed E-state index contributed by atoms with van der Waals surface area (Å²) in [5.74, 6) is 0.156. The highest BCUT2D eigenvalue weighted by Gasteiger charge is 2.28. The Labute approximate surface area is 192 Å². The Balaban J connectivity index is 1.57. The molecule has 1 fully saturated rings. The number of esters is 1. The minimum absolute atomic E-state index is 0.250. The van der Waals surface area contributed by atoms with E-state index in [1.165, 1.54) is 10.4 Å². The summed E-state index contributed by atoms with van der Waals surface area (Å²) < 4.78 is 43.3. The summed E-state index contributed by atoms with van der Waals surface area (Å²) in [6.45, 7) is 3.57. The molecule has 2 aromatic rings. The third kappa shape index (κ3) is 4.68. The van der Waals surface area contributed by atoms with Crippen molar-refractivity contribution in [3.63, 3.8) is 0 Å². The van der Waals surface area contributed by atoms with E-state index in [4.69, 9.17) is 25.8 Å². The van der Waals surface area contributed by atoms with E-state index in [1.54, 1.807) is 43.3 Å². The molecule has 2 aromatic carbocycles. The van der Waals surface area contributed by atoms with Crippen molar-refractivity contribution in [2.24, 2.45) is 0 Å². The molecule has 2 aliphatic rings. The number of sulfonamides is 1. The number of benzene rings is 2. The second-order valence-electron chi connectivity index (χ2n) is 7.42. The molecule has 4 rings (SSSR count). The van der Waals surface area contributed by atoms with Gasteiger partial charge in [0.2, 0.25) is 10.0 Å². The summed E-state index contributed by atoms with van der Waals surface area (Å²) in [6.07, 6.45) is 3.22. The van der Waals surface area contributed by atoms with Gasteiger partial charge in [-0.1, -0.05) is 29.8 Å². The van der Waals surface area contributed by atoms with E-state index in [2.05, 4.69) is 0 Å². The topological polar surface area (TPSA) is 82.1 Å². The monoisotopic (exact) mass is 477 g/mol. The van der Waals surface area contributed by atoms with Crippen LogP contribution in [0.15, 0.2) is 53.4 Å². The molecule has 0 saturated carbocycles. The maximum Gasteiger partial charge on any atom is 0.330 e. The summed E-state index contributed by atoms with van der Waals surface area (Å²) in [6, 6.07) is 10.5. The highest BCUT2D eigenvalue weighted by Crippen LogP contribution is 2.42. The molecule has 1 unspecified atom stereocenters. The van der Waals surface area contributed by atoms with Crippen molar-refractivity contribution in [1.82, 2.24) is 4.31 Å². The molecular weight excluding hydrogens is 454 g/mol. The molecule has 0 N–H and O–H groups in total. The van der Waals surface area contributed by atoms with Gasteiger partial charge in [-0.05, 0) is 42.3 Å². The van der Waals surface area contributed by atoms with Crippen LogP contribution in [0.4, 0.5) is 0 Å². The smallest absolute Gasteiger partial charge is 0.330 e. The molecule has 1 atom stereocenters. The summed E-state index contributed by atoms with van der Waals surface area (Å²) >= 11 is 6.34. The molecule has 0 bridgehead atoms. The first-order valence-electron chi connectivity index (χ1n) is 10.4. The maximum absolute atomic E-state index is 12.9. The van der Waals surface area contributed by atoms with Crippen molar-refractivity contribution in [3.05, 3.63) is 59.1 Å². The van der Waals surface area contributed by atoms with Crippen LogP contribution in [0.2, 0.25) is 5.02 Å². The van der Waals surface area contributed by atoms with E-state index < -0.39 is 16.0 Å². The van der Waals surface area contributed by atoms with E-state index in [0.717, 1.165) is 16.7 Å². The van der Waals surface area contributed by atoms with Crippen molar-refractivity contribution in [3.8, 4) is 16.9 Å². The second-order valence-corrected chi connectivity index (χ2v) is 9.76. The standard InChI is InChI=1S/C23H24ClNO6S/c1-2-30-22(26)10-5-17-15-20-19(8-9-21(24)23(20)31-17)16-3-6-18(7-4-16)32(27,28)25-11-13-29-14-12-25/h3-10,17H,2,11-15H2,1H3/b10-5+. The quantitative estimate of drug-likeness (QED) is 0.468. The first-order valence-corrected chi connectivity index (χ1v) is 12.2. The van der Waals surface area contributed by atoms with Crippen LogP contribution in [0.3, 0.4) is 0 Å². The lowest BCUT2D eigenvalue weighted by molar-refractivity contribution is -0.137. The zero-order valence-electron chi connectivity index (χ0n) is 17.6. The Bertz CT molecular complexity index is 1120. The van der Waals surface area contributed by atoms with Crippen LogP contribution < -0.4 is 4.74 Å². The number of hydrogen-bond donors (Lipinski definition) is 0. The van der Waals surface area contributed by atoms with Crippen LogP contribution in [0, 0.1) is 0 Å². The van der Waals surface area contributed by atoms with Gasteiger partial charge < -0.3 is 14.2 Å². The lowest BCUT2D eigenvalue weighted by Gasteiger charge is -2.26. The van der Waals surface area contributed by atoms with Crippen molar-refractivity contribution >= 4 is 27.6 Å². The van der Waals surface area contributed by atoms with Crippen molar-refractivity contribution in [2.45, 2.75) is 24.3 Å². The molecule has 32 heavy (non-hydrogen) atoms. The number of ether oxygens (including phenoxy) is 3. The number of fused-ring (bicyclic) bond motifs is 1. The Hall–Kier alpha value is -2.39. The predicted molar refractivity (Wildman–Crippen MR) is 120 cm³/mol. The summed E-state index contributed by atoms with van der Waals surface area (Å²) in [7, 11) is -3.55. The lowest BCUT2D eigenvalue weighted by atomic mass is 9.96. The average molecular weight is 478 g/mol. The van der Waals surface area contributed by atoms with Crippen LogP contribution in [0.25, 0.3) is 11.1 Å². The maximum atomic E-state index is 12.9. The molecule has 9 heteroatoms. The van der Waals surface area contributed by atoms with Crippen molar-refractivity contribution < 1.29 is 27.4 Å². The Morgan fingerprint density at radius 3 is 2.59 bits per heavy atom. The van der Waals surface area contributed by atoms with Gasteiger partial charge in [0.1, 0.15) is 11.9 Å². The van der Waals surface area contributed by atoms with E-state index in [-0.39, 0.29) is 11.0 Å². The van der Waals surface area contributed by atoms with Gasteiger partial charge in [0.05, 0.1) is 29.7 Å². The second kappa shape index (κ2) is 9.62. The fourth-order valence-electron chi connectivity index (χ4n) is 3.82. The normalized spacial score (nSPS) is 19.0. The molecule has 2 heterocycles. The predicted octanol–water partition coefficient (Wildman–Crippen LogP) is 3.45. The van der Waals surface area contributed by atoms with Gasteiger partial charge in [-0.25, -0.2) is 13.2 Å². The lowest BCUT2D eigenvalue weighted by Crippen LogP contribution is -2.40. The fraction of sp³-hybridized carbons (Fsp3) is 0.348. The third-order valence-electron chi connectivity index (χ3n) is 5.39. The third-order valence-corrected chi connectivity index (χ3v) is 7.60. The van der Waals surface area contributed by atoms with E-state index in [0.29, 0.717) is 50.1 Å². The van der Waals surface area contributed by atoms with E-state index in [9.17, 15) is 13.2 Å². The number of carbonyl (C=O) groups is 1. The molecular formula is C23H24ClNO6S. The minimum atomic E-state index is -3.55. The molecule has 1 saturated heterocycles. The highest BCUT2D eigenvalue weighted by atomic mass is 35.5. The minimum Gasteiger partial charge on any atom is -0.484 e. The van der Waals surface area contributed by atoms with Gasteiger partial charge in [0, 0.05) is 31.1 Å². The van der Waals surface area contributed by atoms with Gasteiger partial charge in [-0.15, -0.1) is 0 Å². The molecule has 0 radical (unpaired) electrons. The van der Waals surface area contributed by atoms with Crippen molar-refractivity contribution in [1.29, 1.82) is 0 Å². The van der Waals surface area contributed by atoms with Crippen LogP contribution in [-0.4, -0.2) is 57.7 Å². The number of morpholine rings is 1. The molecule has 0 aromatic heterocycles. The summed E-state index contributed by atoms with van der Waals surface area (Å²) in [4.78, 5) is 11.9. The van der Waals surface area contributed by atoms with Gasteiger partial charge in [0.25, 0.3) is 0 Å². The van der Waals surface area contributed by atoms with E-state index in [1.807, 2.05) is 6.07 Å². The molecule has 2 aliphatic heterocycles. The zero-order valence-corrected chi connectivity index (χ0v) is 19.2. The van der Waals surface area contributed by atoms with Crippen LogP contribution in [-0.2, 0) is 30.7 Å². The Kier molecular flexibility index (Phi) is 6.85. The fourth-order valence-corrected chi connectivity index (χ4v) is 5.45. The Morgan fingerprint density at radius 1 is 1.19 bits per heavy atom. The molecule has 7 nitrogen and oxygen atoms in total. The van der Waals surface area contributed by atoms with Crippen LogP contribution in [0.5, 0.6) is 5.75 Å². The molecule has 0 spiro atoms. The summed E-state index contributed by atoms with van der Waals surface area (Å²) in [5, 5.41) is 0.488. The van der Waals surface area contributed by atoms with Gasteiger partial charge in [-0.2, -0.15) is 4.31 Å². The van der Waals surface area contributed by atoms with Gasteiger partial charge in [-0.3, -0.25) is 0 Å². The summed E-state index contributed by atoms with van der Waals surface area (Å²) in [5.41, 5.74) is 2.68. The number of rotatable bonds is 6. The Morgan fingerprint density at radius 2 is 1.91 bits per heavy atom. The highest BCUT2D eigenvalue weighted by molar-refractivity contribution is 7.89. The van der Waals surface area contributed by atoms with Gasteiger partial charge >= 0.3 is 5.97 Å². The number of hydrogen-bond acceptors (Lipinski definition) is 6. The zero-order chi connectivity index (χ0) is 22.7. The van der Waals surface area contributed by atoms with Gasteiger partial charge in [0.15, 0.2) is 0 Å². The SMILES string of the molecule is CCOC(=O)/C=C/C1Cc2c(-c3ccc(S(=O)(=O)N4CCOCC4)cc3)ccc(Cl)c2O1. The molecule has 170 valence electrons. The molecule has 0 aliphatic carbocycles. The van der Waals surface area contributed by atoms with Crippen LogP contribution >= 0.6 is 11.6 Å². The first-order chi connectivity index (χ1) is 15.4. The molecule has 0 amide bonds. The number of nitrogens with zero attached hydrogens (tertiary/aromatic N) is 1. The van der Waals surface area contributed by atoms with E-state index >= 15 is 0 Å². The number of carbonyl (C=O) groups excluding carboxylic acids is 1. The van der Waals surface area contributed by atoms with Crippen LogP contribution in [0.1, 0.15) is 12.5 Å². The number of halogens is 1. The van der Waals surface area contributed by atoms with Crippen molar-refractivity contribution in [2.75, 3.05) is 32.9 Å².